The molecule has 4 nitrogen and oxygen atoms in total. The van der Waals surface area contributed by atoms with Crippen LogP contribution in [0, 0.1) is 5.92 Å². The molecule has 0 aliphatic heterocycles. The highest BCUT2D eigenvalue weighted by atomic mass is 32.2. The average molecular weight is 248 g/mol. The zero-order valence-corrected chi connectivity index (χ0v) is 11.1. The molecule has 2 unspecified atom stereocenters. The lowest BCUT2D eigenvalue weighted by atomic mass is 10.2. The number of aliphatic hydroxyl groups excluding tert-OH is 1. The molecule has 5 heteroatoms. The van der Waals surface area contributed by atoms with Crippen molar-refractivity contribution in [3.63, 3.8) is 0 Å². The zero-order valence-electron chi connectivity index (χ0n) is 10.2. The summed E-state index contributed by atoms with van der Waals surface area (Å²) in [5, 5.41) is 12.0. The van der Waals surface area contributed by atoms with Crippen LogP contribution in [0.3, 0.4) is 0 Å². The molecule has 2 atom stereocenters. The van der Waals surface area contributed by atoms with E-state index < -0.39 is 0 Å². The molecule has 0 fully saturated rings. The first-order valence-electron chi connectivity index (χ1n) is 5.83. The van der Waals surface area contributed by atoms with Crippen LogP contribution < -0.4 is 11.1 Å². The molecule has 0 aromatic carbocycles. The normalized spacial score (nSPS) is 14.7. The Morgan fingerprint density at radius 2 is 2.25 bits per heavy atom. The van der Waals surface area contributed by atoms with E-state index in [2.05, 4.69) is 12.2 Å². The summed E-state index contributed by atoms with van der Waals surface area (Å²) in [6.07, 6.45) is 1.76. The number of hydrogen-bond acceptors (Lipinski definition) is 4. The Morgan fingerprint density at radius 3 is 2.75 bits per heavy atom. The first kappa shape index (κ1) is 15.7. The van der Waals surface area contributed by atoms with Crippen molar-refractivity contribution < 1.29 is 9.90 Å². The first-order chi connectivity index (χ1) is 7.61. The van der Waals surface area contributed by atoms with E-state index >= 15 is 0 Å². The van der Waals surface area contributed by atoms with Gasteiger partial charge in [-0.25, -0.2) is 0 Å². The second kappa shape index (κ2) is 9.93. The first-order valence-corrected chi connectivity index (χ1v) is 6.98. The molecule has 1 amide bonds. The number of thioether (sulfide) groups is 1. The molecule has 0 radical (unpaired) electrons. The van der Waals surface area contributed by atoms with Crippen molar-refractivity contribution >= 4 is 17.7 Å². The summed E-state index contributed by atoms with van der Waals surface area (Å²) < 4.78 is 0. The molecule has 0 bridgehead atoms. The summed E-state index contributed by atoms with van der Waals surface area (Å²) in [5.74, 6) is 1.87. The highest BCUT2D eigenvalue weighted by Crippen LogP contribution is 2.10. The molecule has 0 aromatic rings. The Balaban J connectivity index is 3.64. The van der Waals surface area contributed by atoms with E-state index in [0.29, 0.717) is 5.92 Å². The van der Waals surface area contributed by atoms with E-state index in [-0.39, 0.29) is 18.6 Å². The van der Waals surface area contributed by atoms with Crippen molar-refractivity contribution in [1.82, 2.24) is 5.32 Å². The molecule has 96 valence electrons. The van der Waals surface area contributed by atoms with Gasteiger partial charge in [0, 0.05) is 6.61 Å². The molecule has 0 saturated carbocycles. The minimum Gasteiger partial charge on any atom is -0.396 e. The maximum Gasteiger partial charge on any atom is 0.234 e. The molecule has 0 heterocycles. The monoisotopic (exact) mass is 248 g/mol. The number of carbonyl (C=O) groups excluding carboxylic acids is 1. The Morgan fingerprint density at radius 1 is 1.56 bits per heavy atom. The van der Waals surface area contributed by atoms with Crippen molar-refractivity contribution in [3.8, 4) is 0 Å². The second-order valence-electron chi connectivity index (χ2n) is 4.06. The molecule has 0 aromatic heterocycles. The highest BCUT2D eigenvalue weighted by Gasteiger charge is 2.13. The summed E-state index contributed by atoms with van der Waals surface area (Å²) in [6, 6.07) is -0.211. The van der Waals surface area contributed by atoms with Gasteiger partial charge in [0.2, 0.25) is 5.91 Å². The van der Waals surface area contributed by atoms with Crippen molar-refractivity contribution in [2.75, 3.05) is 24.7 Å². The van der Waals surface area contributed by atoms with Gasteiger partial charge in [-0.2, -0.15) is 11.8 Å². The Kier molecular flexibility index (Phi) is 9.77. The van der Waals surface area contributed by atoms with E-state index in [1.54, 1.807) is 11.8 Å². The molecular formula is C11H24N2O2S. The van der Waals surface area contributed by atoms with Crippen LogP contribution in [0.15, 0.2) is 0 Å². The van der Waals surface area contributed by atoms with Gasteiger partial charge in [0.25, 0.3) is 0 Å². The quantitative estimate of drug-likeness (QED) is 0.495. The van der Waals surface area contributed by atoms with Crippen molar-refractivity contribution in [2.45, 2.75) is 32.7 Å². The summed E-state index contributed by atoms with van der Waals surface area (Å²) in [7, 11) is 0. The smallest absolute Gasteiger partial charge is 0.234 e. The molecule has 0 saturated heterocycles. The number of primary amides is 1. The van der Waals surface area contributed by atoms with Gasteiger partial charge in [0.15, 0.2) is 0 Å². The standard InChI is InChI=1S/C11H24N2O2S/c1-3-5-13-10(11(12)15)4-6-16-8-9(2)7-14/h9-10,13-14H,3-8H2,1-2H3,(H2,12,15). The number of amides is 1. The van der Waals surface area contributed by atoms with Crippen LogP contribution in [-0.4, -0.2) is 41.7 Å². The van der Waals surface area contributed by atoms with Crippen LogP contribution in [0.1, 0.15) is 26.7 Å². The molecule has 0 aliphatic carbocycles. The van der Waals surface area contributed by atoms with Crippen molar-refractivity contribution in [2.24, 2.45) is 11.7 Å². The largest absolute Gasteiger partial charge is 0.396 e. The lowest BCUT2D eigenvalue weighted by Gasteiger charge is -2.15. The number of aliphatic hydroxyl groups is 1. The minimum absolute atomic E-state index is 0.211. The number of nitrogens with two attached hydrogens (primary N) is 1. The van der Waals surface area contributed by atoms with Crippen LogP contribution in [0.4, 0.5) is 0 Å². The highest BCUT2D eigenvalue weighted by molar-refractivity contribution is 7.99. The van der Waals surface area contributed by atoms with Gasteiger partial charge >= 0.3 is 0 Å². The third-order valence-corrected chi connectivity index (χ3v) is 3.58. The molecule has 16 heavy (non-hydrogen) atoms. The molecule has 0 spiro atoms. The lowest BCUT2D eigenvalue weighted by Crippen LogP contribution is -2.42. The predicted molar refractivity (Wildman–Crippen MR) is 69.5 cm³/mol. The van der Waals surface area contributed by atoms with Crippen molar-refractivity contribution in [1.29, 1.82) is 0 Å². The van der Waals surface area contributed by atoms with E-state index in [1.807, 2.05) is 6.92 Å². The van der Waals surface area contributed by atoms with Crippen LogP contribution in [0.25, 0.3) is 0 Å². The Labute approximate surface area is 102 Å². The van der Waals surface area contributed by atoms with E-state index in [9.17, 15) is 4.79 Å². The van der Waals surface area contributed by atoms with Crippen LogP contribution in [0.2, 0.25) is 0 Å². The minimum atomic E-state index is -0.274. The second-order valence-corrected chi connectivity index (χ2v) is 5.21. The number of rotatable bonds is 10. The van der Waals surface area contributed by atoms with Gasteiger partial charge in [0.05, 0.1) is 6.04 Å². The maximum absolute atomic E-state index is 11.1. The number of nitrogens with one attached hydrogen (secondary N) is 1. The Bertz CT molecular complexity index is 191. The van der Waals surface area contributed by atoms with Gasteiger partial charge in [0.1, 0.15) is 0 Å². The van der Waals surface area contributed by atoms with Gasteiger partial charge in [-0.3, -0.25) is 4.79 Å². The Hall–Kier alpha value is -0.260. The van der Waals surface area contributed by atoms with Gasteiger partial charge < -0.3 is 16.2 Å². The summed E-state index contributed by atoms with van der Waals surface area (Å²) >= 11 is 1.76. The fraction of sp³-hybridized carbons (Fsp3) is 0.909. The predicted octanol–water partition coefficient (Wildman–Crippen LogP) is 0.592. The summed E-state index contributed by atoms with van der Waals surface area (Å²) in [5.41, 5.74) is 5.29. The van der Waals surface area contributed by atoms with Gasteiger partial charge in [-0.05, 0) is 36.8 Å². The van der Waals surface area contributed by atoms with E-state index in [1.165, 1.54) is 0 Å². The zero-order chi connectivity index (χ0) is 12.4. The van der Waals surface area contributed by atoms with Crippen molar-refractivity contribution in [3.05, 3.63) is 0 Å². The molecule has 0 aliphatic rings. The third kappa shape index (κ3) is 7.96. The van der Waals surface area contributed by atoms with E-state index in [0.717, 1.165) is 30.9 Å². The molecule has 4 N–H and O–H groups in total. The van der Waals surface area contributed by atoms with Gasteiger partial charge in [-0.1, -0.05) is 13.8 Å². The van der Waals surface area contributed by atoms with Gasteiger partial charge in [-0.15, -0.1) is 0 Å². The number of hydrogen-bond donors (Lipinski definition) is 3. The van der Waals surface area contributed by atoms with Crippen LogP contribution in [0.5, 0.6) is 0 Å². The average Bonchev–Trinajstić information content (AvgIpc) is 2.27. The SMILES string of the molecule is CCCNC(CCSCC(C)CO)C(N)=O. The third-order valence-electron chi connectivity index (χ3n) is 2.25. The fourth-order valence-electron chi connectivity index (χ4n) is 1.20. The topological polar surface area (TPSA) is 75.3 Å². The lowest BCUT2D eigenvalue weighted by molar-refractivity contribution is -0.120. The van der Waals surface area contributed by atoms with Crippen LogP contribution >= 0.6 is 11.8 Å². The van der Waals surface area contributed by atoms with Crippen LogP contribution in [-0.2, 0) is 4.79 Å². The molecular weight excluding hydrogens is 224 g/mol. The number of carbonyl (C=O) groups is 1. The molecule has 0 rings (SSSR count). The van der Waals surface area contributed by atoms with E-state index in [4.69, 9.17) is 10.8 Å². The summed E-state index contributed by atoms with van der Waals surface area (Å²) in [6.45, 7) is 5.11. The maximum atomic E-state index is 11.1. The fourth-order valence-corrected chi connectivity index (χ4v) is 2.28. The summed E-state index contributed by atoms with van der Waals surface area (Å²) in [4.78, 5) is 11.1.